The molecule has 2 aromatic carbocycles. The van der Waals surface area contributed by atoms with E-state index in [-0.39, 0.29) is 34.9 Å². The van der Waals surface area contributed by atoms with Crippen molar-refractivity contribution in [2.75, 3.05) is 18.9 Å². The molecule has 1 aliphatic carbocycles. The van der Waals surface area contributed by atoms with Gasteiger partial charge in [-0.2, -0.15) is 4.31 Å². The van der Waals surface area contributed by atoms with E-state index in [1.54, 1.807) is 30.1 Å². The van der Waals surface area contributed by atoms with Gasteiger partial charge in [0, 0.05) is 32.6 Å². The minimum Gasteiger partial charge on any atom is -0.338 e. The van der Waals surface area contributed by atoms with E-state index in [9.17, 15) is 18.0 Å². The van der Waals surface area contributed by atoms with Gasteiger partial charge in [-0.1, -0.05) is 61.7 Å². The number of sulfonamides is 1. The average molecular weight is 470 g/mol. The Hall–Kier alpha value is -2.71. The van der Waals surface area contributed by atoms with Crippen LogP contribution in [0.25, 0.3) is 0 Å². The number of nitrogens with one attached hydrogen (secondary N) is 1. The molecule has 33 heavy (non-hydrogen) atoms. The first-order chi connectivity index (χ1) is 15.9. The van der Waals surface area contributed by atoms with Gasteiger partial charge in [0.25, 0.3) is 0 Å². The van der Waals surface area contributed by atoms with Crippen molar-refractivity contribution in [3.63, 3.8) is 0 Å². The van der Waals surface area contributed by atoms with Gasteiger partial charge in [0.2, 0.25) is 21.8 Å². The maximum Gasteiger partial charge on any atom is 0.245 e. The summed E-state index contributed by atoms with van der Waals surface area (Å²) in [7, 11) is -2.13. The van der Waals surface area contributed by atoms with Crippen LogP contribution >= 0.6 is 0 Å². The first kappa shape index (κ1) is 23.4. The van der Waals surface area contributed by atoms with Crippen LogP contribution in [0.2, 0.25) is 0 Å². The van der Waals surface area contributed by atoms with Gasteiger partial charge in [0.1, 0.15) is 4.90 Å². The molecular formula is C25H31N3O4S. The van der Waals surface area contributed by atoms with E-state index < -0.39 is 15.9 Å². The van der Waals surface area contributed by atoms with E-state index in [0.29, 0.717) is 13.1 Å². The average Bonchev–Trinajstić information content (AvgIpc) is 3.20. The highest BCUT2D eigenvalue weighted by Crippen LogP contribution is 2.30. The summed E-state index contributed by atoms with van der Waals surface area (Å²) < 4.78 is 28.2. The zero-order chi connectivity index (χ0) is 23.4. The second kappa shape index (κ2) is 10.1. The SMILES string of the molecule is CN(C1CCCCC1)S(=O)(=O)c1ccccc1NC(=O)[C@H]1CC(=O)N(Cc2ccccc2)C1. The van der Waals surface area contributed by atoms with Crippen LogP contribution in [0.5, 0.6) is 0 Å². The molecule has 176 valence electrons. The first-order valence-corrected chi connectivity index (χ1v) is 13.0. The van der Waals surface area contributed by atoms with Crippen LogP contribution in [0.15, 0.2) is 59.5 Å². The number of nitrogens with zero attached hydrogens (tertiary/aromatic N) is 2. The molecule has 0 unspecified atom stereocenters. The van der Waals surface area contributed by atoms with Gasteiger partial charge in [0.05, 0.1) is 11.6 Å². The van der Waals surface area contributed by atoms with Crippen molar-refractivity contribution in [2.24, 2.45) is 5.92 Å². The molecule has 4 rings (SSSR count). The largest absolute Gasteiger partial charge is 0.338 e. The molecule has 1 heterocycles. The molecule has 0 bridgehead atoms. The molecule has 1 saturated carbocycles. The molecule has 2 aromatic rings. The molecule has 1 saturated heterocycles. The van der Waals surface area contributed by atoms with Crippen LogP contribution in [-0.4, -0.2) is 49.1 Å². The maximum absolute atomic E-state index is 13.4. The van der Waals surface area contributed by atoms with E-state index in [2.05, 4.69) is 5.32 Å². The fraction of sp³-hybridized carbons (Fsp3) is 0.440. The summed E-state index contributed by atoms with van der Waals surface area (Å²) in [6, 6.07) is 16.1. The monoisotopic (exact) mass is 469 g/mol. The van der Waals surface area contributed by atoms with Crippen molar-refractivity contribution in [1.29, 1.82) is 0 Å². The van der Waals surface area contributed by atoms with Crippen molar-refractivity contribution in [2.45, 2.75) is 56.0 Å². The number of hydrogen-bond acceptors (Lipinski definition) is 4. The molecule has 2 amide bonds. The quantitative estimate of drug-likeness (QED) is 0.671. The van der Waals surface area contributed by atoms with Crippen LogP contribution in [0.3, 0.4) is 0 Å². The molecule has 1 atom stereocenters. The third-order valence-corrected chi connectivity index (χ3v) is 8.66. The number of rotatable bonds is 7. The minimum atomic E-state index is -3.76. The number of carbonyl (C=O) groups is 2. The fourth-order valence-corrected chi connectivity index (χ4v) is 6.29. The zero-order valence-corrected chi connectivity index (χ0v) is 19.8. The lowest BCUT2D eigenvalue weighted by Gasteiger charge is -2.31. The summed E-state index contributed by atoms with van der Waals surface area (Å²) in [5.41, 5.74) is 1.27. The first-order valence-electron chi connectivity index (χ1n) is 11.6. The summed E-state index contributed by atoms with van der Waals surface area (Å²) in [6.07, 6.45) is 5.02. The Labute approximate surface area is 195 Å². The molecule has 2 fully saturated rings. The normalized spacial score (nSPS) is 19.8. The van der Waals surface area contributed by atoms with Gasteiger partial charge in [0.15, 0.2) is 0 Å². The van der Waals surface area contributed by atoms with E-state index in [1.165, 1.54) is 10.4 Å². The molecule has 0 radical (unpaired) electrons. The predicted octanol–water partition coefficient (Wildman–Crippen LogP) is 3.63. The highest BCUT2D eigenvalue weighted by Gasteiger charge is 2.36. The van der Waals surface area contributed by atoms with Crippen molar-refractivity contribution < 1.29 is 18.0 Å². The molecule has 0 spiro atoms. The Bertz CT molecular complexity index is 1100. The highest BCUT2D eigenvalue weighted by atomic mass is 32.2. The third-order valence-electron chi connectivity index (χ3n) is 6.69. The molecule has 1 N–H and O–H groups in total. The van der Waals surface area contributed by atoms with Gasteiger partial charge in [-0.05, 0) is 30.5 Å². The van der Waals surface area contributed by atoms with Crippen LogP contribution in [0.1, 0.15) is 44.1 Å². The number of para-hydroxylation sites is 1. The minimum absolute atomic E-state index is 0.0218. The van der Waals surface area contributed by atoms with Gasteiger partial charge >= 0.3 is 0 Å². The number of carbonyl (C=O) groups excluding carboxylic acids is 2. The number of anilines is 1. The van der Waals surface area contributed by atoms with Crippen LogP contribution in [-0.2, 0) is 26.2 Å². The standard InChI is InChI=1S/C25H31N3O4S/c1-27(21-12-6-3-7-13-21)33(31,32)23-15-9-8-14-22(23)26-25(30)20-16-24(29)28(18-20)17-19-10-4-2-5-11-19/h2,4-5,8-11,14-15,20-21H,3,6-7,12-13,16-18H2,1H3,(H,26,30)/t20-/m0/s1. The van der Waals surface area contributed by atoms with Crippen molar-refractivity contribution in [1.82, 2.24) is 9.21 Å². The van der Waals surface area contributed by atoms with E-state index >= 15 is 0 Å². The second-order valence-electron chi connectivity index (χ2n) is 8.96. The molecule has 1 aliphatic heterocycles. The van der Waals surface area contributed by atoms with E-state index in [1.807, 2.05) is 30.3 Å². The van der Waals surface area contributed by atoms with Gasteiger partial charge in [-0.15, -0.1) is 0 Å². The topological polar surface area (TPSA) is 86.8 Å². The zero-order valence-electron chi connectivity index (χ0n) is 18.9. The summed E-state index contributed by atoms with van der Waals surface area (Å²) >= 11 is 0. The Morgan fingerprint density at radius 3 is 2.42 bits per heavy atom. The number of hydrogen-bond donors (Lipinski definition) is 1. The van der Waals surface area contributed by atoms with E-state index in [0.717, 1.165) is 37.7 Å². The summed E-state index contributed by atoms with van der Waals surface area (Å²) in [5, 5.41) is 2.80. The van der Waals surface area contributed by atoms with Crippen molar-refractivity contribution >= 4 is 27.5 Å². The number of amides is 2. The van der Waals surface area contributed by atoms with Gasteiger partial charge < -0.3 is 10.2 Å². The van der Waals surface area contributed by atoms with Crippen molar-refractivity contribution in [3.8, 4) is 0 Å². The Morgan fingerprint density at radius 1 is 1.03 bits per heavy atom. The predicted molar refractivity (Wildman–Crippen MR) is 127 cm³/mol. The smallest absolute Gasteiger partial charge is 0.245 e. The van der Waals surface area contributed by atoms with Gasteiger partial charge in [-0.25, -0.2) is 8.42 Å². The van der Waals surface area contributed by atoms with Crippen LogP contribution in [0.4, 0.5) is 5.69 Å². The molecule has 2 aliphatic rings. The fourth-order valence-electron chi connectivity index (χ4n) is 4.73. The lowest BCUT2D eigenvalue weighted by molar-refractivity contribution is -0.128. The Morgan fingerprint density at radius 2 is 1.70 bits per heavy atom. The van der Waals surface area contributed by atoms with Crippen molar-refractivity contribution in [3.05, 3.63) is 60.2 Å². The summed E-state index contributed by atoms with van der Waals surface area (Å²) in [5.74, 6) is -0.924. The Balaban J connectivity index is 1.46. The lowest BCUT2D eigenvalue weighted by atomic mass is 9.96. The summed E-state index contributed by atoms with van der Waals surface area (Å²) in [6.45, 7) is 0.775. The molecule has 8 heteroatoms. The number of likely N-dealkylation sites (tertiary alicyclic amines) is 1. The maximum atomic E-state index is 13.4. The lowest BCUT2D eigenvalue weighted by Crippen LogP contribution is -2.38. The van der Waals surface area contributed by atoms with Crippen LogP contribution in [0, 0.1) is 5.92 Å². The molecular weight excluding hydrogens is 438 g/mol. The number of benzene rings is 2. The molecule has 0 aromatic heterocycles. The Kier molecular flexibility index (Phi) is 7.14. The van der Waals surface area contributed by atoms with Crippen LogP contribution < -0.4 is 5.32 Å². The highest BCUT2D eigenvalue weighted by molar-refractivity contribution is 7.89. The summed E-state index contributed by atoms with van der Waals surface area (Å²) in [4.78, 5) is 27.3. The van der Waals surface area contributed by atoms with E-state index in [4.69, 9.17) is 0 Å². The molecule has 7 nitrogen and oxygen atoms in total. The second-order valence-corrected chi connectivity index (χ2v) is 10.9. The third kappa shape index (κ3) is 5.28. The van der Waals surface area contributed by atoms with Gasteiger partial charge in [-0.3, -0.25) is 9.59 Å².